The second kappa shape index (κ2) is 10.6. The third-order valence-electron chi connectivity index (χ3n) is 6.61. The molecule has 2 N–H and O–H groups in total. The normalized spacial score (nSPS) is 15.1. The van der Waals surface area contributed by atoms with E-state index in [1.165, 1.54) is 10.1 Å². The molecule has 0 saturated carbocycles. The lowest BCUT2D eigenvalue weighted by Gasteiger charge is -2.36. The van der Waals surface area contributed by atoms with Gasteiger partial charge in [0.2, 0.25) is 0 Å². The lowest BCUT2D eigenvalue weighted by Crippen LogP contribution is -2.51. The van der Waals surface area contributed by atoms with Crippen molar-refractivity contribution in [3.8, 4) is 0 Å². The van der Waals surface area contributed by atoms with E-state index in [4.69, 9.17) is 0 Å². The number of benzene rings is 2. The minimum atomic E-state index is -1.22. The number of carboxylic acid groups (broad SMARTS) is 1. The van der Waals surface area contributed by atoms with E-state index in [9.17, 15) is 19.5 Å². The van der Waals surface area contributed by atoms with Crippen molar-refractivity contribution in [2.75, 3.05) is 31.1 Å². The smallest absolute Gasteiger partial charge is 0.405 e. The van der Waals surface area contributed by atoms with Gasteiger partial charge in [-0.2, -0.15) is 0 Å². The second-order valence-corrected chi connectivity index (χ2v) is 8.85. The van der Waals surface area contributed by atoms with Crippen molar-refractivity contribution in [2.24, 2.45) is 7.05 Å². The molecule has 2 aromatic carbocycles. The first kappa shape index (κ1) is 24.3. The Bertz CT molecular complexity index is 1280. The molecule has 0 spiro atoms. The van der Waals surface area contributed by atoms with Gasteiger partial charge in [-0.3, -0.25) is 18.8 Å². The van der Waals surface area contributed by atoms with Gasteiger partial charge in [0, 0.05) is 45.5 Å². The molecule has 9 nitrogen and oxygen atoms in total. The number of hydrogen-bond acceptors (Lipinski definition) is 5. The van der Waals surface area contributed by atoms with Gasteiger partial charge in [-0.05, 0) is 18.1 Å². The van der Waals surface area contributed by atoms with Crippen LogP contribution in [0.1, 0.15) is 22.9 Å². The third-order valence-corrected chi connectivity index (χ3v) is 6.61. The molecule has 1 fully saturated rings. The van der Waals surface area contributed by atoms with E-state index >= 15 is 0 Å². The Hall–Kier alpha value is -3.85. The highest BCUT2D eigenvalue weighted by atomic mass is 16.4. The van der Waals surface area contributed by atoms with Crippen molar-refractivity contribution in [3.05, 3.63) is 98.3 Å². The summed E-state index contributed by atoms with van der Waals surface area (Å²) in [5, 5.41) is 11.8. The minimum Gasteiger partial charge on any atom is -0.465 e. The molecule has 1 aliphatic heterocycles. The molecule has 35 heavy (non-hydrogen) atoms. The molecule has 184 valence electrons. The maximum absolute atomic E-state index is 13.6. The van der Waals surface area contributed by atoms with Crippen LogP contribution >= 0.6 is 0 Å². The van der Waals surface area contributed by atoms with Crippen molar-refractivity contribution < 1.29 is 9.90 Å². The summed E-state index contributed by atoms with van der Waals surface area (Å²) in [7, 11) is 1.64. The molecule has 1 aliphatic rings. The molecule has 1 saturated heterocycles. The second-order valence-electron chi connectivity index (χ2n) is 8.85. The molecule has 3 aromatic rings. The highest BCUT2D eigenvalue weighted by Crippen LogP contribution is 2.19. The summed E-state index contributed by atoms with van der Waals surface area (Å²) in [4.78, 5) is 42.5. The molecule has 0 unspecified atom stereocenters. The van der Waals surface area contributed by atoms with E-state index in [-0.39, 0.29) is 6.54 Å². The average molecular weight is 478 g/mol. The first-order valence-corrected chi connectivity index (χ1v) is 11.7. The van der Waals surface area contributed by atoms with Gasteiger partial charge in [0.05, 0.1) is 12.6 Å². The fourth-order valence-corrected chi connectivity index (χ4v) is 4.60. The largest absolute Gasteiger partial charge is 0.465 e. The Morgan fingerprint density at radius 1 is 0.971 bits per heavy atom. The summed E-state index contributed by atoms with van der Waals surface area (Å²) in [5.74, 6) is 0. The molecule has 2 heterocycles. The van der Waals surface area contributed by atoms with Crippen molar-refractivity contribution in [1.29, 1.82) is 0 Å². The number of rotatable bonds is 7. The molecule has 0 aliphatic carbocycles. The standard InChI is InChI=1S/C26H31N5O4/c1-19-23(30-15-13-29(14-16-30)17-20-9-5-3-6-10-20)24(32)31(26(35)28(19)2)18-22(27-25(33)34)21-11-7-4-8-12-21/h3-12,22,27H,13-18H2,1-2H3,(H,33,34)/t22-/m0/s1. The topological polar surface area (TPSA) is 99.8 Å². The van der Waals surface area contributed by atoms with Gasteiger partial charge >= 0.3 is 11.8 Å². The first-order valence-electron chi connectivity index (χ1n) is 11.7. The number of anilines is 1. The Morgan fingerprint density at radius 3 is 2.17 bits per heavy atom. The molecular formula is C26H31N5O4. The monoisotopic (exact) mass is 477 g/mol. The van der Waals surface area contributed by atoms with E-state index in [1.807, 2.05) is 29.2 Å². The Labute approximate surface area is 203 Å². The maximum Gasteiger partial charge on any atom is 0.405 e. The van der Waals surface area contributed by atoms with Gasteiger partial charge in [-0.25, -0.2) is 9.59 Å². The summed E-state index contributed by atoms with van der Waals surface area (Å²) in [6, 6.07) is 18.5. The Balaban J connectivity index is 1.60. The Kier molecular flexibility index (Phi) is 7.36. The van der Waals surface area contributed by atoms with Crippen molar-refractivity contribution in [1.82, 2.24) is 19.4 Å². The van der Waals surface area contributed by atoms with Crippen LogP contribution in [0.4, 0.5) is 10.5 Å². The molecule has 1 atom stereocenters. The Morgan fingerprint density at radius 2 is 1.57 bits per heavy atom. The van der Waals surface area contributed by atoms with Crippen LogP contribution in [0.2, 0.25) is 0 Å². The summed E-state index contributed by atoms with van der Waals surface area (Å²) >= 11 is 0. The molecular weight excluding hydrogens is 446 g/mol. The van der Waals surface area contributed by atoms with Gasteiger partial charge in [0.15, 0.2) is 0 Å². The van der Waals surface area contributed by atoms with Gasteiger partial charge in [-0.15, -0.1) is 0 Å². The molecule has 9 heteroatoms. The van der Waals surface area contributed by atoms with Crippen LogP contribution in [0.3, 0.4) is 0 Å². The number of amides is 1. The van der Waals surface area contributed by atoms with E-state index in [1.54, 1.807) is 38.2 Å². The van der Waals surface area contributed by atoms with E-state index in [2.05, 4.69) is 22.3 Å². The van der Waals surface area contributed by atoms with Crippen LogP contribution in [0.5, 0.6) is 0 Å². The fourth-order valence-electron chi connectivity index (χ4n) is 4.60. The highest BCUT2D eigenvalue weighted by Gasteiger charge is 2.26. The van der Waals surface area contributed by atoms with Crippen LogP contribution < -0.4 is 21.5 Å². The van der Waals surface area contributed by atoms with Crippen LogP contribution in [0.25, 0.3) is 0 Å². The number of hydrogen-bond donors (Lipinski definition) is 2. The zero-order chi connectivity index (χ0) is 24.9. The fraction of sp³-hybridized carbons (Fsp3) is 0.346. The zero-order valence-electron chi connectivity index (χ0n) is 20.1. The quantitative estimate of drug-likeness (QED) is 0.541. The summed E-state index contributed by atoms with van der Waals surface area (Å²) in [6.07, 6.45) is -1.22. The summed E-state index contributed by atoms with van der Waals surface area (Å²) in [6.45, 7) is 5.46. The zero-order valence-corrected chi connectivity index (χ0v) is 20.1. The molecule has 0 radical (unpaired) electrons. The van der Waals surface area contributed by atoms with Gasteiger partial charge in [-0.1, -0.05) is 60.7 Å². The molecule has 0 bridgehead atoms. The lowest BCUT2D eigenvalue weighted by atomic mass is 10.1. The van der Waals surface area contributed by atoms with Gasteiger partial charge in [0.1, 0.15) is 5.69 Å². The van der Waals surface area contributed by atoms with Crippen LogP contribution in [-0.4, -0.2) is 51.4 Å². The number of carbonyl (C=O) groups is 1. The predicted molar refractivity (Wildman–Crippen MR) is 135 cm³/mol. The number of nitrogens with one attached hydrogen (secondary N) is 1. The van der Waals surface area contributed by atoms with Crippen LogP contribution in [0, 0.1) is 6.92 Å². The van der Waals surface area contributed by atoms with Crippen LogP contribution in [-0.2, 0) is 20.1 Å². The lowest BCUT2D eigenvalue weighted by molar-refractivity contribution is 0.188. The molecule has 1 amide bonds. The predicted octanol–water partition coefficient (Wildman–Crippen LogP) is 2.19. The van der Waals surface area contributed by atoms with Crippen LogP contribution in [0.15, 0.2) is 70.3 Å². The van der Waals surface area contributed by atoms with Crippen molar-refractivity contribution >= 4 is 11.8 Å². The SMILES string of the molecule is Cc1c(N2CCN(Cc3ccccc3)CC2)c(=O)n(C[C@H](NC(=O)O)c2ccccc2)c(=O)n1C. The number of nitrogens with zero attached hydrogens (tertiary/aromatic N) is 4. The minimum absolute atomic E-state index is 0.0942. The van der Waals surface area contributed by atoms with Crippen molar-refractivity contribution in [3.63, 3.8) is 0 Å². The molecule has 1 aromatic heterocycles. The molecule has 4 rings (SSSR count). The number of aromatic nitrogens is 2. The average Bonchev–Trinajstić information content (AvgIpc) is 2.87. The number of piperazine rings is 1. The van der Waals surface area contributed by atoms with Crippen molar-refractivity contribution in [2.45, 2.75) is 26.1 Å². The third kappa shape index (κ3) is 5.46. The first-order chi connectivity index (χ1) is 16.8. The maximum atomic E-state index is 13.6. The van der Waals surface area contributed by atoms with E-state index < -0.39 is 23.4 Å². The summed E-state index contributed by atoms with van der Waals surface area (Å²) < 4.78 is 2.61. The highest BCUT2D eigenvalue weighted by molar-refractivity contribution is 5.65. The van der Waals surface area contributed by atoms with Gasteiger partial charge in [0.25, 0.3) is 5.56 Å². The van der Waals surface area contributed by atoms with Gasteiger partial charge < -0.3 is 15.3 Å². The van der Waals surface area contributed by atoms with E-state index in [0.29, 0.717) is 30.0 Å². The van der Waals surface area contributed by atoms with E-state index in [0.717, 1.165) is 24.2 Å². The summed E-state index contributed by atoms with van der Waals surface area (Å²) in [5.41, 5.74) is 2.17.